The van der Waals surface area contributed by atoms with Crippen LogP contribution in [0.25, 0.3) is 0 Å². The molecule has 1 atom stereocenters. The molecule has 20 heavy (non-hydrogen) atoms. The topological polar surface area (TPSA) is 12.0 Å². The van der Waals surface area contributed by atoms with E-state index in [0.29, 0.717) is 6.04 Å². The summed E-state index contributed by atoms with van der Waals surface area (Å²) in [5.41, 5.74) is 1.26. The molecule has 0 aliphatic heterocycles. The second-order valence-electron chi connectivity index (χ2n) is 6.61. The van der Waals surface area contributed by atoms with Gasteiger partial charge in [0.15, 0.2) is 0 Å². The largest absolute Gasteiger partial charge is 0.310 e. The summed E-state index contributed by atoms with van der Waals surface area (Å²) in [6.07, 6.45) is 11.1. The number of hydrogen-bond donors (Lipinski definition) is 1. The van der Waals surface area contributed by atoms with Crippen molar-refractivity contribution < 1.29 is 4.39 Å². The van der Waals surface area contributed by atoms with Gasteiger partial charge in [0.1, 0.15) is 5.82 Å². The average molecular weight is 275 g/mol. The van der Waals surface area contributed by atoms with Crippen molar-refractivity contribution in [3.63, 3.8) is 0 Å². The molecule has 1 aromatic rings. The first kappa shape index (κ1) is 14.1. The van der Waals surface area contributed by atoms with E-state index in [2.05, 4.69) is 5.32 Å². The van der Waals surface area contributed by atoms with Gasteiger partial charge in [-0.2, -0.15) is 0 Å². The molecule has 2 fully saturated rings. The van der Waals surface area contributed by atoms with Gasteiger partial charge in [-0.25, -0.2) is 4.39 Å². The summed E-state index contributed by atoms with van der Waals surface area (Å²) in [5.74, 6) is 1.57. The Hall–Kier alpha value is -0.890. The fraction of sp³-hybridized carbons (Fsp3) is 0.667. The van der Waals surface area contributed by atoms with E-state index >= 15 is 0 Å². The summed E-state index contributed by atoms with van der Waals surface area (Å²) in [7, 11) is 0. The standard InChI is InChI=1S/C18H26FN/c19-17-10-8-16(9-11-17)18(15-6-7-15)20-13-12-14-4-2-1-3-5-14/h8-11,14-15,18,20H,1-7,12-13H2. The summed E-state index contributed by atoms with van der Waals surface area (Å²) in [5, 5.41) is 3.74. The summed E-state index contributed by atoms with van der Waals surface area (Å²) in [4.78, 5) is 0. The van der Waals surface area contributed by atoms with Crippen molar-refractivity contribution >= 4 is 0 Å². The van der Waals surface area contributed by atoms with E-state index in [1.807, 2.05) is 12.1 Å². The third-order valence-electron chi connectivity index (χ3n) is 4.96. The molecule has 2 saturated carbocycles. The molecule has 0 spiro atoms. The van der Waals surface area contributed by atoms with Crippen LogP contribution in [0.3, 0.4) is 0 Å². The van der Waals surface area contributed by atoms with Gasteiger partial charge in [-0.1, -0.05) is 44.2 Å². The zero-order chi connectivity index (χ0) is 13.8. The van der Waals surface area contributed by atoms with Gasteiger partial charge in [-0.3, -0.25) is 0 Å². The fourth-order valence-electron chi connectivity index (χ4n) is 3.58. The quantitative estimate of drug-likeness (QED) is 0.783. The highest BCUT2D eigenvalue weighted by Crippen LogP contribution is 2.41. The Labute approximate surface area is 122 Å². The number of benzene rings is 1. The highest BCUT2D eigenvalue weighted by molar-refractivity contribution is 5.22. The molecule has 1 unspecified atom stereocenters. The molecule has 2 aliphatic carbocycles. The lowest BCUT2D eigenvalue weighted by Crippen LogP contribution is -2.26. The van der Waals surface area contributed by atoms with Gasteiger partial charge in [0, 0.05) is 6.04 Å². The maximum Gasteiger partial charge on any atom is 0.123 e. The van der Waals surface area contributed by atoms with Crippen molar-refractivity contribution in [3.05, 3.63) is 35.6 Å². The van der Waals surface area contributed by atoms with Crippen LogP contribution in [-0.2, 0) is 0 Å². The zero-order valence-corrected chi connectivity index (χ0v) is 12.3. The lowest BCUT2D eigenvalue weighted by Gasteiger charge is -2.24. The van der Waals surface area contributed by atoms with E-state index in [1.165, 1.54) is 56.9 Å². The molecule has 0 heterocycles. The maximum atomic E-state index is 13.0. The maximum absolute atomic E-state index is 13.0. The van der Waals surface area contributed by atoms with Crippen molar-refractivity contribution in [2.24, 2.45) is 11.8 Å². The second kappa shape index (κ2) is 6.71. The monoisotopic (exact) mass is 275 g/mol. The lowest BCUT2D eigenvalue weighted by molar-refractivity contribution is 0.324. The highest BCUT2D eigenvalue weighted by Gasteiger charge is 2.31. The van der Waals surface area contributed by atoms with Crippen molar-refractivity contribution in [2.75, 3.05) is 6.54 Å². The SMILES string of the molecule is Fc1ccc(C(NCCC2CCCCC2)C2CC2)cc1. The third kappa shape index (κ3) is 3.82. The molecule has 1 aromatic carbocycles. The van der Waals surface area contributed by atoms with Gasteiger partial charge in [-0.05, 0) is 55.3 Å². The first-order valence-corrected chi connectivity index (χ1v) is 8.32. The fourth-order valence-corrected chi connectivity index (χ4v) is 3.58. The smallest absolute Gasteiger partial charge is 0.123 e. The van der Waals surface area contributed by atoms with E-state index < -0.39 is 0 Å². The zero-order valence-electron chi connectivity index (χ0n) is 12.3. The number of hydrogen-bond acceptors (Lipinski definition) is 1. The molecule has 0 bridgehead atoms. The summed E-state index contributed by atoms with van der Waals surface area (Å²) in [6.45, 7) is 1.11. The molecule has 1 N–H and O–H groups in total. The number of rotatable bonds is 6. The van der Waals surface area contributed by atoms with Gasteiger partial charge in [0.2, 0.25) is 0 Å². The van der Waals surface area contributed by atoms with Crippen LogP contribution in [0.1, 0.15) is 63.0 Å². The first-order chi connectivity index (χ1) is 9.83. The molecule has 0 aromatic heterocycles. The van der Waals surface area contributed by atoms with Crippen LogP contribution in [0.5, 0.6) is 0 Å². The van der Waals surface area contributed by atoms with Crippen molar-refractivity contribution in [1.82, 2.24) is 5.32 Å². The Morgan fingerprint density at radius 3 is 2.35 bits per heavy atom. The van der Waals surface area contributed by atoms with E-state index in [4.69, 9.17) is 0 Å². The van der Waals surface area contributed by atoms with E-state index in [0.717, 1.165) is 18.4 Å². The van der Waals surface area contributed by atoms with Gasteiger partial charge in [0.05, 0.1) is 0 Å². The van der Waals surface area contributed by atoms with Crippen LogP contribution in [0.4, 0.5) is 4.39 Å². The summed E-state index contributed by atoms with van der Waals surface area (Å²) >= 11 is 0. The van der Waals surface area contributed by atoms with Crippen molar-refractivity contribution in [2.45, 2.75) is 57.4 Å². The van der Waals surface area contributed by atoms with Crippen molar-refractivity contribution in [1.29, 1.82) is 0 Å². The third-order valence-corrected chi connectivity index (χ3v) is 4.96. The molecule has 2 heteroatoms. The van der Waals surface area contributed by atoms with E-state index in [-0.39, 0.29) is 5.82 Å². The minimum atomic E-state index is -0.134. The molecule has 0 saturated heterocycles. The Morgan fingerprint density at radius 1 is 1.00 bits per heavy atom. The van der Waals surface area contributed by atoms with E-state index in [9.17, 15) is 4.39 Å². The summed E-state index contributed by atoms with van der Waals surface area (Å²) < 4.78 is 13.0. The molecule has 0 radical (unpaired) electrons. The van der Waals surface area contributed by atoms with Crippen LogP contribution >= 0.6 is 0 Å². The summed E-state index contributed by atoms with van der Waals surface area (Å²) in [6, 6.07) is 7.53. The molecule has 0 amide bonds. The number of nitrogens with one attached hydrogen (secondary N) is 1. The Kier molecular flexibility index (Phi) is 4.72. The van der Waals surface area contributed by atoms with Crippen LogP contribution in [0, 0.1) is 17.7 Å². The van der Waals surface area contributed by atoms with Crippen LogP contribution in [-0.4, -0.2) is 6.54 Å². The molecule has 1 nitrogen and oxygen atoms in total. The Morgan fingerprint density at radius 2 is 1.70 bits per heavy atom. The minimum Gasteiger partial charge on any atom is -0.310 e. The molecule has 3 rings (SSSR count). The minimum absolute atomic E-state index is 0.134. The Bertz CT molecular complexity index is 404. The lowest BCUT2D eigenvalue weighted by atomic mass is 9.87. The average Bonchev–Trinajstić information content (AvgIpc) is 3.31. The number of halogens is 1. The van der Waals surface area contributed by atoms with Crippen LogP contribution in [0.2, 0.25) is 0 Å². The van der Waals surface area contributed by atoms with Gasteiger partial charge >= 0.3 is 0 Å². The van der Waals surface area contributed by atoms with Gasteiger partial charge in [0.25, 0.3) is 0 Å². The Balaban J connectivity index is 1.51. The first-order valence-electron chi connectivity index (χ1n) is 8.32. The van der Waals surface area contributed by atoms with Gasteiger partial charge < -0.3 is 5.32 Å². The van der Waals surface area contributed by atoms with Gasteiger partial charge in [-0.15, -0.1) is 0 Å². The second-order valence-corrected chi connectivity index (χ2v) is 6.61. The predicted octanol–water partition coefficient (Wildman–Crippen LogP) is 4.84. The highest BCUT2D eigenvalue weighted by atomic mass is 19.1. The van der Waals surface area contributed by atoms with E-state index in [1.54, 1.807) is 12.1 Å². The van der Waals surface area contributed by atoms with Crippen LogP contribution < -0.4 is 5.32 Å². The normalized spacial score (nSPS) is 21.9. The molecule has 2 aliphatic rings. The predicted molar refractivity (Wildman–Crippen MR) is 81.1 cm³/mol. The van der Waals surface area contributed by atoms with Crippen LogP contribution in [0.15, 0.2) is 24.3 Å². The molecular formula is C18H26FN. The van der Waals surface area contributed by atoms with Crippen molar-refractivity contribution in [3.8, 4) is 0 Å². The molecular weight excluding hydrogens is 249 g/mol. The molecule has 110 valence electrons.